The van der Waals surface area contributed by atoms with Gasteiger partial charge in [-0.25, -0.2) is 0 Å². The van der Waals surface area contributed by atoms with Crippen molar-refractivity contribution < 1.29 is 9.47 Å². The topological polar surface area (TPSA) is 56.5 Å². The molecule has 4 heteroatoms. The van der Waals surface area contributed by atoms with Gasteiger partial charge in [-0.05, 0) is 12.5 Å². The van der Waals surface area contributed by atoms with Gasteiger partial charge < -0.3 is 20.5 Å². The Hall–Kier alpha value is -2.36. The van der Waals surface area contributed by atoms with E-state index in [1.807, 2.05) is 12.1 Å². The van der Waals surface area contributed by atoms with Crippen LogP contribution in [0.5, 0.6) is 11.5 Å². The van der Waals surface area contributed by atoms with Crippen LogP contribution < -0.4 is 20.5 Å². The molecule has 0 saturated heterocycles. The second-order valence-corrected chi connectivity index (χ2v) is 4.64. The molecule has 0 bridgehead atoms. The van der Waals surface area contributed by atoms with Gasteiger partial charge in [0.25, 0.3) is 0 Å². The highest BCUT2D eigenvalue weighted by molar-refractivity contribution is 5.72. The van der Waals surface area contributed by atoms with Crippen LogP contribution in [0.25, 0.3) is 0 Å². The molecule has 0 unspecified atom stereocenters. The van der Waals surface area contributed by atoms with Crippen LogP contribution in [0, 0.1) is 6.92 Å². The number of nitrogen functional groups attached to an aromatic ring is 1. The molecule has 0 saturated carbocycles. The molecule has 3 N–H and O–H groups in total. The Labute approximate surface area is 119 Å². The van der Waals surface area contributed by atoms with E-state index < -0.39 is 0 Å². The van der Waals surface area contributed by atoms with E-state index in [0.717, 1.165) is 5.69 Å². The first kappa shape index (κ1) is 14.1. The van der Waals surface area contributed by atoms with E-state index in [0.29, 0.717) is 23.7 Å². The summed E-state index contributed by atoms with van der Waals surface area (Å²) in [7, 11) is 3.20. The van der Waals surface area contributed by atoms with Gasteiger partial charge in [0.15, 0.2) is 11.5 Å². The lowest BCUT2D eigenvalue weighted by atomic mass is 10.1. The van der Waals surface area contributed by atoms with Crippen LogP contribution in [-0.2, 0) is 6.54 Å². The zero-order valence-electron chi connectivity index (χ0n) is 12.1. The van der Waals surface area contributed by atoms with E-state index >= 15 is 0 Å². The molecular formula is C16H20N2O2. The third-order valence-corrected chi connectivity index (χ3v) is 3.12. The van der Waals surface area contributed by atoms with Crippen LogP contribution in [0.1, 0.15) is 11.1 Å². The monoisotopic (exact) mass is 272 g/mol. The molecule has 4 nitrogen and oxygen atoms in total. The number of rotatable bonds is 5. The highest BCUT2D eigenvalue weighted by Gasteiger charge is 2.08. The molecule has 0 aliphatic carbocycles. The number of hydrogen-bond donors (Lipinski definition) is 2. The molecular weight excluding hydrogens is 252 g/mol. The van der Waals surface area contributed by atoms with Crippen LogP contribution in [0.15, 0.2) is 36.4 Å². The smallest absolute Gasteiger partial charge is 0.162 e. The van der Waals surface area contributed by atoms with Gasteiger partial charge in [-0.15, -0.1) is 0 Å². The molecule has 20 heavy (non-hydrogen) atoms. The Morgan fingerprint density at radius 3 is 2.40 bits per heavy atom. The fourth-order valence-electron chi connectivity index (χ4n) is 2.07. The Morgan fingerprint density at radius 2 is 1.75 bits per heavy atom. The number of methoxy groups -OCH3 is 2. The molecule has 0 aliphatic rings. The average Bonchev–Trinajstić information content (AvgIpc) is 2.45. The zero-order valence-corrected chi connectivity index (χ0v) is 12.1. The molecule has 0 fully saturated rings. The summed E-state index contributed by atoms with van der Waals surface area (Å²) in [6.07, 6.45) is 0. The summed E-state index contributed by atoms with van der Waals surface area (Å²) in [5.41, 5.74) is 9.94. The largest absolute Gasteiger partial charge is 0.493 e. The Kier molecular flexibility index (Phi) is 4.35. The molecule has 0 amide bonds. The molecule has 106 valence electrons. The van der Waals surface area contributed by atoms with Crippen molar-refractivity contribution in [3.8, 4) is 11.5 Å². The number of ether oxygens (including phenoxy) is 2. The third-order valence-electron chi connectivity index (χ3n) is 3.12. The third kappa shape index (κ3) is 3.15. The summed E-state index contributed by atoms with van der Waals surface area (Å²) in [4.78, 5) is 0. The fraction of sp³-hybridized carbons (Fsp3) is 0.250. The van der Waals surface area contributed by atoms with Crippen molar-refractivity contribution in [2.75, 3.05) is 25.3 Å². The number of benzene rings is 2. The van der Waals surface area contributed by atoms with Crippen molar-refractivity contribution in [3.05, 3.63) is 47.5 Å². The number of nitrogens with two attached hydrogens (primary N) is 1. The van der Waals surface area contributed by atoms with Gasteiger partial charge >= 0.3 is 0 Å². The van der Waals surface area contributed by atoms with Crippen LogP contribution in [-0.4, -0.2) is 14.2 Å². The van der Waals surface area contributed by atoms with Crippen molar-refractivity contribution in [1.82, 2.24) is 0 Å². The molecule has 0 aromatic heterocycles. The number of anilines is 2. The maximum absolute atomic E-state index is 6.02. The van der Waals surface area contributed by atoms with E-state index in [9.17, 15) is 0 Å². The van der Waals surface area contributed by atoms with Gasteiger partial charge in [0.05, 0.1) is 25.6 Å². The van der Waals surface area contributed by atoms with Gasteiger partial charge in [0.2, 0.25) is 0 Å². The predicted molar refractivity (Wildman–Crippen MR) is 82.5 cm³/mol. The molecule has 2 aromatic rings. The summed E-state index contributed by atoms with van der Waals surface area (Å²) in [5, 5.41) is 3.32. The quantitative estimate of drug-likeness (QED) is 0.821. The number of aryl methyl sites for hydroxylation is 1. The van der Waals surface area contributed by atoms with Crippen molar-refractivity contribution in [2.45, 2.75) is 13.5 Å². The molecule has 0 heterocycles. The van der Waals surface area contributed by atoms with E-state index in [-0.39, 0.29) is 0 Å². The van der Waals surface area contributed by atoms with Crippen molar-refractivity contribution >= 4 is 11.4 Å². The van der Waals surface area contributed by atoms with Crippen LogP contribution in [0.2, 0.25) is 0 Å². The first-order chi connectivity index (χ1) is 9.63. The molecule has 0 aliphatic heterocycles. The maximum Gasteiger partial charge on any atom is 0.162 e. The van der Waals surface area contributed by atoms with Crippen LogP contribution in [0.3, 0.4) is 0 Å². The SMILES string of the molecule is COc1cc(N)c(NCc2cccc(C)c2)cc1OC. The minimum Gasteiger partial charge on any atom is -0.493 e. The normalized spacial score (nSPS) is 10.2. The van der Waals surface area contributed by atoms with Crippen molar-refractivity contribution in [1.29, 1.82) is 0 Å². The zero-order chi connectivity index (χ0) is 14.5. The molecule has 0 atom stereocenters. The Morgan fingerprint density at radius 1 is 1.05 bits per heavy atom. The summed E-state index contributed by atoms with van der Waals surface area (Å²) in [5.74, 6) is 1.29. The van der Waals surface area contributed by atoms with E-state index in [1.54, 1.807) is 20.3 Å². The van der Waals surface area contributed by atoms with Crippen LogP contribution in [0.4, 0.5) is 11.4 Å². The Bertz CT molecular complexity index is 597. The average molecular weight is 272 g/mol. The van der Waals surface area contributed by atoms with Crippen molar-refractivity contribution in [3.63, 3.8) is 0 Å². The first-order valence-electron chi connectivity index (χ1n) is 6.45. The first-order valence-corrected chi connectivity index (χ1v) is 6.45. The van der Waals surface area contributed by atoms with Gasteiger partial charge in [0.1, 0.15) is 0 Å². The minimum atomic E-state index is 0.631. The lowest BCUT2D eigenvalue weighted by molar-refractivity contribution is 0.355. The second kappa shape index (κ2) is 6.19. The molecule has 0 spiro atoms. The fourth-order valence-corrected chi connectivity index (χ4v) is 2.07. The van der Waals surface area contributed by atoms with E-state index in [2.05, 4.69) is 30.4 Å². The highest BCUT2D eigenvalue weighted by Crippen LogP contribution is 2.34. The molecule has 2 aromatic carbocycles. The summed E-state index contributed by atoms with van der Waals surface area (Å²) in [6, 6.07) is 12.0. The second-order valence-electron chi connectivity index (χ2n) is 4.64. The Balaban J connectivity index is 2.17. The van der Waals surface area contributed by atoms with Gasteiger partial charge in [0, 0.05) is 18.7 Å². The minimum absolute atomic E-state index is 0.631. The van der Waals surface area contributed by atoms with Crippen LogP contribution >= 0.6 is 0 Å². The lowest BCUT2D eigenvalue weighted by Crippen LogP contribution is -2.04. The molecule has 0 radical (unpaired) electrons. The van der Waals surface area contributed by atoms with Gasteiger partial charge in [-0.2, -0.15) is 0 Å². The van der Waals surface area contributed by atoms with E-state index in [1.165, 1.54) is 11.1 Å². The summed E-state index contributed by atoms with van der Waals surface area (Å²) >= 11 is 0. The maximum atomic E-state index is 6.02. The number of nitrogens with one attached hydrogen (secondary N) is 1. The lowest BCUT2D eigenvalue weighted by Gasteiger charge is -2.14. The van der Waals surface area contributed by atoms with E-state index in [4.69, 9.17) is 15.2 Å². The number of hydrogen-bond acceptors (Lipinski definition) is 4. The standard InChI is InChI=1S/C16H20N2O2/c1-11-5-4-6-12(7-11)10-18-14-9-16(20-3)15(19-2)8-13(14)17/h4-9,18H,10,17H2,1-3H3. The summed E-state index contributed by atoms with van der Waals surface area (Å²) < 4.78 is 10.5. The van der Waals surface area contributed by atoms with Gasteiger partial charge in [-0.3, -0.25) is 0 Å². The van der Waals surface area contributed by atoms with Crippen molar-refractivity contribution in [2.24, 2.45) is 0 Å². The molecule has 2 rings (SSSR count). The highest BCUT2D eigenvalue weighted by atomic mass is 16.5. The predicted octanol–water partition coefficient (Wildman–Crippen LogP) is 3.21. The summed E-state index contributed by atoms with van der Waals surface area (Å²) in [6.45, 7) is 2.79. The van der Waals surface area contributed by atoms with Gasteiger partial charge in [-0.1, -0.05) is 29.8 Å².